The van der Waals surface area contributed by atoms with E-state index in [-0.39, 0.29) is 34.2 Å². The highest BCUT2D eigenvalue weighted by Crippen LogP contribution is 2.45. The fraction of sp³-hybridized carbons (Fsp3) is 0.389. The summed E-state index contributed by atoms with van der Waals surface area (Å²) in [5.41, 5.74) is -3.51. The minimum atomic E-state index is -4.79. The van der Waals surface area contributed by atoms with Crippen molar-refractivity contribution in [2.45, 2.75) is 39.1 Å². The molecule has 0 atom stereocenters. The first-order valence-electron chi connectivity index (χ1n) is 8.75. The van der Waals surface area contributed by atoms with Crippen LogP contribution in [0.15, 0.2) is 22.6 Å². The Hall–Kier alpha value is -2.37. The second kappa shape index (κ2) is 8.05. The Bertz CT molecular complexity index is 1130. The van der Waals surface area contributed by atoms with Gasteiger partial charge in [0, 0.05) is 6.54 Å². The quantitative estimate of drug-likeness (QED) is 0.437. The number of carbonyl (C=O) groups is 1. The third-order valence-corrected chi connectivity index (χ3v) is 5.36. The topological polar surface area (TPSA) is 80.2 Å². The van der Waals surface area contributed by atoms with Crippen LogP contribution in [0.25, 0.3) is 21.6 Å². The number of aromatic amines is 1. The second-order valence-electron chi connectivity index (χ2n) is 7.35. The number of alkyl halides is 3. The number of thiophene rings is 1. The molecule has 1 N–H and O–H groups in total. The van der Waals surface area contributed by atoms with Crippen LogP contribution >= 0.6 is 22.9 Å². The van der Waals surface area contributed by atoms with Crippen molar-refractivity contribution in [3.63, 3.8) is 0 Å². The summed E-state index contributed by atoms with van der Waals surface area (Å²) >= 11 is 7.16. The predicted octanol–water partition coefficient (Wildman–Crippen LogP) is 4.31. The largest absolute Gasteiger partial charge is 0.420 e. The van der Waals surface area contributed by atoms with E-state index in [0.717, 1.165) is 22.7 Å². The highest BCUT2D eigenvalue weighted by molar-refractivity contribution is 7.14. The maximum absolute atomic E-state index is 14.0. The van der Waals surface area contributed by atoms with Gasteiger partial charge in [-0.2, -0.15) is 13.2 Å². The lowest BCUT2D eigenvalue weighted by Crippen LogP contribution is -2.35. The van der Waals surface area contributed by atoms with E-state index in [9.17, 15) is 22.8 Å². The van der Waals surface area contributed by atoms with Crippen molar-refractivity contribution in [1.29, 1.82) is 0 Å². The monoisotopic (exact) mass is 462 g/mol. The van der Waals surface area contributed by atoms with E-state index in [0.29, 0.717) is 6.41 Å². The Balaban J connectivity index is 2.23. The molecular formula is C18H18ClF3N4O3S. The lowest BCUT2D eigenvalue weighted by atomic mass is 10.2. The van der Waals surface area contributed by atoms with Crippen molar-refractivity contribution >= 4 is 40.4 Å². The van der Waals surface area contributed by atoms with E-state index < -0.39 is 28.4 Å². The van der Waals surface area contributed by atoms with E-state index in [1.54, 1.807) is 26.2 Å². The van der Waals surface area contributed by atoms with E-state index in [1.165, 1.54) is 10.6 Å². The summed E-state index contributed by atoms with van der Waals surface area (Å²) in [6, 6.07) is 1.47. The van der Waals surface area contributed by atoms with Gasteiger partial charge in [-0.05, 0) is 32.2 Å². The highest BCUT2D eigenvalue weighted by atomic mass is 35.5. The first-order valence-corrected chi connectivity index (χ1v) is 10.0. The van der Waals surface area contributed by atoms with Gasteiger partial charge in [0.05, 0.1) is 34.1 Å². The van der Waals surface area contributed by atoms with Crippen LogP contribution in [-0.4, -0.2) is 38.2 Å². The SMILES string of the molecule is CC(C)(C)ON(C=O)CCn1c(-c2sccc2Cl)c(C(F)(F)F)c2nc[nH]c(=O)c21. The third-order valence-electron chi connectivity index (χ3n) is 4.01. The van der Waals surface area contributed by atoms with Gasteiger partial charge in [0.15, 0.2) is 0 Å². The lowest BCUT2D eigenvalue weighted by Gasteiger charge is -2.27. The number of nitrogens with zero attached hydrogens (tertiary/aromatic N) is 3. The zero-order valence-corrected chi connectivity index (χ0v) is 17.8. The van der Waals surface area contributed by atoms with Gasteiger partial charge >= 0.3 is 6.18 Å². The van der Waals surface area contributed by atoms with Crippen LogP contribution in [0.3, 0.4) is 0 Å². The summed E-state index contributed by atoms with van der Waals surface area (Å²) < 4.78 is 43.3. The first-order chi connectivity index (χ1) is 13.9. The Morgan fingerprint density at radius 1 is 1.37 bits per heavy atom. The molecule has 0 unspecified atom stereocenters. The molecule has 0 saturated carbocycles. The number of hydrogen-bond donors (Lipinski definition) is 1. The molecule has 0 aliphatic heterocycles. The van der Waals surface area contributed by atoms with Crippen LogP contribution in [0.2, 0.25) is 5.02 Å². The lowest BCUT2D eigenvalue weighted by molar-refractivity contribution is -0.216. The summed E-state index contributed by atoms with van der Waals surface area (Å²) in [7, 11) is 0. The average molecular weight is 463 g/mol. The van der Waals surface area contributed by atoms with Gasteiger partial charge in [-0.3, -0.25) is 14.4 Å². The van der Waals surface area contributed by atoms with Crippen molar-refractivity contribution in [2.24, 2.45) is 0 Å². The highest BCUT2D eigenvalue weighted by Gasteiger charge is 2.41. The van der Waals surface area contributed by atoms with Gasteiger partial charge in [-0.25, -0.2) is 10.0 Å². The van der Waals surface area contributed by atoms with Crippen molar-refractivity contribution in [1.82, 2.24) is 19.6 Å². The number of hydroxylamine groups is 2. The number of hydrogen-bond acceptors (Lipinski definition) is 5. The molecule has 3 aromatic heterocycles. The van der Waals surface area contributed by atoms with Crippen LogP contribution < -0.4 is 5.56 Å². The molecule has 0 bridgehead atoms. The van der Waals surface area contributed by atoms with E-state index in [2.05, 4.69) is 9.97 Å². The van der Waals surface area contributed by atoms with E-state index >= 15 is 0 Å². The number of halogens is 4. The average Bonchev–Trinajstić information content (AvgIpc) is 3.18. The molecule has 0 fully saturated rings. The zero-order valence-electron chi connectivity index (χ0n) is 16.2. The number of rotatable bonds is 6. The smallest absolute Gasteiger partial charge is 0.332 e. The number of aromatic nitrogens is 3. The van der Waals surface area contributed by atoms with Gasteiger partial charge in [0.1, 0.15) is 16.6 Å². The van der Waals surface area contributed by atoms with Crippen LogP contribution in [0.1, 0.15) is 26.3 Å². The van der Waals surface area contributed by atoms with Crippen molar-refractivity contribution < 1.29 is 22.8 Å². The number of H-pyrrole nitrogens is 1. The molecule has 12 heteroatoms. The van der Waals surface area contributed by atoms with Crippen LogP contribution in [0, 0.1) is 0 Å². The molecule has 0 radical (unpaired) electrons. The number of fused-ring (bicyclic) bond motifs is 1. The standard InChI is InChI=1S/C18H18ClF3N4O3S/c1-17(2,3)29-25(9-27)5-6-26-13(15-10(19)4-7-30-15)11(18(20,21)22)12-14(26)16(28)24-8-23-12/h4,7-9H,5-6H2,1-3H3,(H,23,24,28). The zero-order chi connectivity index (χ0) is 22.3. The summed E-state index contributed by atoms with van der Waals surface area (Å²) in [6.07, 6.45) is -3.44. The van der Waals surface area contributed by atoms with Crippen molar-refractivity contribution in [2.75, 3.05) is 6.54 Å². The molecular weight excluding hydrogens is 445 g/mol. The summed E-state index contributed by atoms with van der Waals surface area (Å²) in [5, 5.41) is 2.64. The molecule has 0 aliphatic rings. The summed E-state index contributed by atoms with van der Waals surface area (Å²) in [6.45, 7) is 4.91. The number of carbonyl (C=O) groups excluding carboxylic acids is 1. The Labute approximate surface area is 178 Å². The molecule has 3 rings (SSSR count). The molecule has 0 aromatic carbocycles. The Kier molecular flexibility index (Phi) is 5.99. The Morgan fingerprint density at radius 3 is 2.60 bits per heavy atom. The molecule has 3 aromatic rings. The maximum atomic E-state index is 14.0. The number of nitrogens with one attached hydrogen (secondary N) is 1. The minimum absolute atomic E-state index is 0.105. The normalized spacial score (nSPS) is 12.5. The molecule has 0 spiro atoms. The van der Waals surface area contributed by atoms with Gasteiger partial charge < -0.3 is 9.55 Å². The predicted molar refractivity (Wildman–Crippen MR) is 107 cm³/mol. The first kappa shape index (κ1) is 22.3. The van der Waals surface area contributed by atoms with E-state index in [4.69, 9.17) is 16.4 Å². The van der Waals surface area contributed by atoms with Crippen molar-refractivity contribution in [3.05, 3.63) is 38.7 Å². The van der Waals surface area contributed by atoms with Gasteiger partial charge in [-0.1, -0.05) is 11.6 Å². The van der Waals surface area contributed by atoms with Crippen LogP contribution in [-0.2, 0) is 22.4 Å². The molecule has 0 saturated heterocycles. The summed E-state index contributed by atoms with van der Waals surface area (Å²) in [4.78, 5) is 35.6. The fourth-order valence-electron chi connectivity index (χ4n) is 3.05. The van der Waals surface area contributed by atoms with E-state index in [1.807, 2.05) is 0 Å². The minimum Gasteiger partial charge on any atom is -0.332 e. The van der Waals surface area contributed by atoms with Gasteiger partial charge in [0.25, 0.3) is 5.56 Å². The second-order valence-corrected chi connectivity index (χ2v) is 8.67. The maximum Gasteiger partial charge on any atom is 0.420 e. The molecule has 3 heterocycles. The van der Waals surface area contributed by atoms with Gasteiger partial charge in [-0.15, -0.1) is 11.3 Å². The molecule has 7 nitrogen and oxygen atoms in total. The fourth-order valence-corrected chi connectivity index (χ4v) is 4.25. The summed E-state index contributed by atoms with van der Waals surface area (Å²) in [5.74, 6) is 0. The van der Waals surface area contributed by atoms with Crippen molar-refractivity contribution in [3.8, 4) is 10.6 Å². The van der Waals surface area contributed by atoms with Gasteiger partial charge in [0.2, 0.25) is 6.41 Å². The molecule has 162 valence electrons. The van der Waals surface area contributed by atoms with Crippen LogP contribution in [0.4, 0.5) is 13.2 Å². The number of amides is 1. The molecule has 30 heavy (non-hydrogen) atoms. The molecule has 1 amide bonds. The third kappa shape index (κ3) is 4.37. The Morgan fingerprint density at radius 2 is 2.07 bits per heavy atom. The van der Waals surface area contributed by atoms with Crippen LogP contribution in [0.5, 0.6) is 0 Å². The molecule has 0 aliphatic carbocycles.